The predicted octanol–water partition coefficient (Wildman–Crippen LogP) is 1.39. The second kappa shape index (κ2) is 8.75. The lowest BCUT2D eigenvalue weighted by atomic mass is 10.0. The van der Waals surface area contributed by atoms with Crippen LogP contribution in [0.5, 0.6) is 0 Å². The van der Waals surface area contributed by atoms with E-state index >= 15 is 0 Å². The van der Waals surface area contributed by atoms with Crippen molar-refractivity contribution < 1.29 is 18.7 Å². The summed E-state index contributed by atoms with van der Waals surface area (Å²) in [5, 5.41) is 5.76. The quantitative estimate of drug-likeness (QED) is 0.728. The number of piperidine rings is 1. The smallest absolute Gasteiger partial charge is 0.317 e. The molecule has 8 heteroatoms. The monoisotopic (exact) mass is 350 g/mol. The van der Waals surface area contributed by atoms with Crippen molar-refractivity contribution in [1.82, 2.24) is 20.4 Å². The molecular weight excluding hydrogens is 324 g/mol. The van der Waals surface area contributed by atoms with E-state index in [1.807, 2.05) is 21.9 Å². The first-order valence-corrected chi connectivity index (χ1v) is 8.91. The van der Waals surface area contributed by atoms with Gasteiger partial charge in [0.2, 0.25) is 0 Å². The van der Waals surface area contributed by atoms with Crippen molar-refractivity contribution in [2.45, 2.75) is 31.9 Å². The molecule has 4 amide bonds. The summed E-state index contributed by atoms with van der Waals surface area (Å²) in [7, 11) is 0. The molecule has 3 heterocycles. The Morgan fingerprint density at radius 1 is 1.44 bits per heavy atom. The van der Waals surface area contributed by atoms with Gasteiger partial charge in [-0.3, -0.25) is 0 Å². The van der Waals surface area contributed by atoms with Crippen LogP contribution in [0.15, 0.2) is 22.8 Å². The van der Waals surface area contributed by atoms with Gasteiger partial charge in [0.25, 0.3) is 0 Å². The Hall–Kier alpha value is -2.22. The summed E-state index contributed by atoms with van der Waals surface area (Å²) < 4.78 is 10.7. The van der Waals surface area contributed by atoms with E-state index in [4.69, 9.17) is 9.15 Å². The van der Waals surface area contributed by atoms with Gasteiger partial charge in [0, 0.05) is 39.3 Å². The Labute approximate surface area is 147 Å². The van der Waals surface area contributed by atoms with E-state index in [0.29, 0.717) is 32.8 Å². The number of furan rings is 1. The van der Waals surface area contributed by atoms with Crippen LogP contribution < -0.4 is 10.6 Å². The van der Waals surface area contributed by atoms with Crippen molar-refractivity contribution >= 4 is 12.1 Å². The molecule has 0 spiro atoms. The van der Waals surface area contributed by atoms with Crippen LogP contribution in [0.2, 0.25) is 0 Å². The van der Waals surface area contributed by atoms with Crippen LogP contribution in [0, 0.1) is 0 Å². The first-order chi connectivity index (χ1) is 12.2. The number of rotatable bonds is 7. The van der Waals surface area contributed by atoms with E-state index in [1.165, 1.54) is 0 Å². The molecule has 0 saturated carbocycles. The summed E-state index contributed by atoms with van der Waals surface area (Å²) in [6.07, 6.45) is 4.25. The molecule has 0 aromatic carbocycles. The highest BCUT2D eigenvalue weighted by atomic mass is 16.5. The lowest BCUT2D eigenvalue weighted by Crippen LogP contribution is -2.53. The van der Waals surface area contributed by atoms with Crippen molar-refractivity contribution in [3.8, 4) is 0 Å². The Morgan fingerprint density at radius 3 is 3.12 bits per heavy atom. The molecule has 0 aliphatic carbocycles. The molecule has 3 rings (SSSR count). The zero-order valence-corrected chi connectivity index (χ0v) is 14.4. The van der Waals surface area contributed by atoms with E-state index in [0.717, 1.165) is 38.1 Å². The Kier molecular flexibility index (Phi) is 6.16. The number of carbonyl (C=O) groups is 2. The lowest BCUT2D eigenvalue weighted by Gasteiger charge is -2.37. The van der Waals surface area contributed by atoms with Gasteiger partial charge in [-0.05, 0) is 31.4 Å². The Morgan fingerprint density at radius 2 is 2.36 bits per heavy atom. The maximum atomic E-state index is 12.3. The Bertz CT molecular complexity index is 563. The predicted molar refractivity (Wildman–Crippen MR) is 91.1 cm³/mol. The summed E-state index contributed by atoms with van der Waals surface area (Å²) in [5.74, 6) is 0.800. The van der Waals surface area contributed by atoms with E-state index in [9.17, 15) is 9.59 Å². The third-order valence-corrected chi connectivity index (χ3v) is 4.58. The van der Waals surface area contributed by atoms with Gasteiger partial charge in [0.1, 0.15) is 12.4 Å². The van der Waals surface area contributed by atoms with E-state index < -0.39 is 0 Å². The van der Waals surface area contributed by atoms with Gasteiger partial charge in [-0.1, -0.05) is 0 Å². The van der Waals surface area contributed by atoms with Crippen molar-refractivity contribution in [1.29, 1.82) is 0 Å². The normalized spacial score (nSPS) is 20.6. The largest absolute Gasteiger partial charge is 0.467 e. The molecule has 1 aromatic heterocycles. The maximum absolute atomic E-state index is 12.3. The SMILES string of the molecule is O=C(NCCCOCc1ccco1)N1CCC[C@H](N2CCNC2=O)C1. The molecule has 2 saturated heterocycles. The first kappa shape index (κ1) is 17.6. The van der Waals surface area contributed by atoms with Gasteiger partial charge < -0.3 is 29.6 Å². The molecule has 0 unspecified atom stereocenters. The summed E-state index contributed by atoms with van der Waals surface area (Å²) in [4.78, 5) is 27.7. The fourth-order valence-corrected chi connectivity index (χ4v) is 3.28. The van der Waals surface area contributed by atoms with Crippen molar-refractivity contribution in [3.63, 3.8) is 0 Å². The second-order valence-electron chi connectivity index (χ2n) is 6.38. The third kappa shape index (κ3) is 4.88. The Balaban J connectivity index is 1.31. The molecule has 1 aromatic rings. The highest BCUT2D eigenvalue weighted by Gasteiger charge is 2.32. The summed E-state index contributed by atoms with van der Waals surface area (Å²) in [6.45, 7) is 4.36. The maximum Gasteiger partial charge on any atom is 0.317 e. The number of hydrogen-bond acceptors (Lipinski definition) is 4. The van der Waals surface area contributed by atoms with E-state index in [2.05, 4.69) is 10.6 Å². The molecule has 2 fully saturated rings. The second-order valence-corrected chi connectivity index (χ2v) is 6.38. The highest BCUT2D eigenvalue weighted by molar-refractivity contribution is 5.77. The number of urea groups is 2. The number of ether oxygens (including phenoxy) is 1. The summed E-state index contributed by atoms with van der Waals surface area (Å²) >= 11 is 0. The van der Waals surface area contributed by atoms with Crippen LogP contribution in [0.4, 0.5) is 9.59 Å². The minimum Gasteiger partial charge on any atom is -0.467 e. The number of nitrogens with zero attached hydrogens (tertiary/aromatic N) is 2. The minimum absolute atomic E-state index is 0.0130. The third-order valence-electron chi connectivity index (χ3n) is 4.58. The van der Waals surface area contributed by atoms with Crippen LogP contribution in [-0.2, 0) is 11.3 Å². The number of amides is 4. The van der Waals surface area contributed by atoms with Crippen molar-refractivity contribution in [3.05, 3.63) is 24.2 Å². The van der Waals surface area contributed by atoms with Gasteiger partial charge in [-0.15, -0.1) is 0 Å². The van der Waals surface area contributed by atoms with Crippen LogP contribution in [0.1, 0.15) is 25.0 Å². The molecular formula is C17H26N4O4. The molecule has 1 atom stereocenters. The molecule has 2 aliphatic heterocycles. The topological polar surface area (TPSA) is 87.1 Å². The summed E-state index contributed by atoms with van der Waals surface area (Å²) in [5.41, 5.74) is 0. The number of hydrogen-bond donors (Lipinski definition) is 2. The molecule has 138 valence electrons. The van der Waals surface area contributed by atoms with Gasteiger partial charge in [0.05, 0.1) is 12.3 Å². The van der Waals surface area contributed by atoms with Gasteiger partial charge >= 0.3 is 12.1 Å². The van der Waals surface area contributed by atoms with Crippen molar-refractivity contribution in [2.24, 2.45) is 0 Å². The summed E-state index contributed by atoms with van der Waals surface area (Å²) in [6, 6.07) is 3.75. The van der Waals surface area contributed by atoms with E-state index in [1.54, 1.807) is 6.26 Å². The zero-order chi connectivity index (χ0) is 17.5. The van der Waals surface area contributed by atoms with Crippen LogP contribution in [0.25, 0.3) is 0 Å². The van der Waals surface area contributed by atoms with Gasteiger partial charge in [-0.2, -0.15) is 0 Å². The van der Waals surface area contributed by atoms with Gasteiger partial charge in [-0.25, -0.2) is 9.59 Å². The molecule has 2 N–H and O–H groups in total. The molecule has 0 radical (unpaired) electrons. The standard InChI is InChI=1S/C17H26N4O4/c22-16(18-6-3-10-24-13-15-5-2-11-25-15)20-8-1-4-14(12-20)21-9-7-19-17(21)23/h2,5,11,14H,1,3-4,6-10,12-13H2,(H,18,22)(H,19,23)/t14-/m0/s1. The van der Waals surface area contributed by atoms with Crippen LogP contribution >= 0.6 is 0 Å². The van der Waals surface area contributed by atoms with Crippen LogP contribution in [0.3, 0.4) is 0 Å². The average Bonchev–Trinajstić information content (AvgIpc) is 3.29. The zero-order valence-electron chi connectivity index (χ0n) is 14.4. The minimum atomic E-state index is -0.0599. The molecule has 2 aliphatic rings. The van der Waals surface area contributed by atoms with Crippen LogP contribution in [-0.4, -0.2) is 67.2 Å². The van der Waals surface area contributed by atoms with Crippen molar-refractivity contribution in [2.75, 3.05) is 39.3 Å². The first-order valence-electron chi connectivity index (χ1n) is 8.91. The number of likely N-dealkylation sites (tertiary alicyclic amines) is 1. The average molecular weight is 350 g/mol. The molecule has 25 heavy (non-hydrogen) atoms. The molecule has 8 nitrogen and oxygen atoms in total. The fourth-order valence-electron chi connectivity index (χ4n) is 3.28. The number of carbonyl (C=O) groups excluding carboxylic acids is 2. The lowest BCUT2D eigenvalue weighted by molar-refractivity contribution is 0.103. The fraction of sp³-hybridized carbons (Fsp3) is 0.647. The highest BCUT2D eigenvalue weighted by Crippen LogP contribution is 2.17. The number of nitrogens with one attached hydrogen (secondary N) is 2. The van der Waals surface area contributed by atoms with E-state index in [-0.39, 0.29) is 18.1 Å². The molecule has 0 bridgehead atoms. The van der Waals surface area contributed by atoms with Gasteiger partial charge in [0.15, 0.2) is 0 Å².